The van der Waals surface area contributed by atoms with Crippen molar-refractivity contribution in [2.75, 3.05) is 26.7 Å². The number of carbonyl (C=O) groups is 1. The second-order valence-electron chi connectivity index (χ2n) is 4.56. The van der Waals surface area contributed by atoms with Crippen molar-refractivity contribution < 1.29 is 9.53 Å². The monoisotopic (exact) mass is 245 g/mol. The first-order valence-electron chi connectivity index (χ1n) is 6.36. The van der Waals surface area contributed by atoms with Crippen LogP contribution in [0.5, 0.6) is 0 Å². The summed E-state index contributed by atoms with van der Waals surface area (Å²) in [6.07, 6.45) is 4.36. The van der Waals surface area contributed by atoms with E-state index in [1.165, 1.54) is 20.0 Å². The molecule has 0 spiro atoms. The van der Waals surface area contributed by atoms with Crippen LogP contribution in [-0.2, 0) is 9.53 Å². The molecular formula is C15H19NO2. The highest BCUT2D eigenvalue weighted by Crippen LogP contribution is 2.14. The van der Waals surface area contributed by atoms with E-state index >= 15 is 0 Å². The third-order valence-corrected chi connectivity index (χ3v) is 3.18. The highest BCUT2D eigenvalue weighted by atomic mass is 16.5. The zero-order valence-electron chi connectivity index (χ0n) is 10.8. The molecule has 1 aliphatic rings. The molecule has 3 heteroatoms. The Hall–Kier alpha value is -1.61. The van der Waals surface area contributed by atoms with Crippen molar-refractivity contribution in [2.24, 2.45) is 0 Å². The van der Waals surface area contributed by atoms with E-state index in [4.69, 9.17) is 4.74 Å². The molecule has 2 rings (SSSR count). The predicted molar refractivity (Wildman–Crippen MR) is 72.1 cm³/mol. The van der Waals surface area contributed by atoms with Gasteiger partial charge in [0, 0.05) is 6.54 Å². The molecule has 1 aromatic carbocycles. The Bertz CT molecular complexity index is 419. The van der Waals surface area contributed by atoms with Crippen LogP contribution >= 0.6 is 0 Å². The fourth-order valence-electron chi connectivity index (χ4n) is 2.23. The van der Waals surface area contributed by atoms with E-state index in [-0.39, 0.29) is 5.97 Å². The van der Waals surface area contributed by atoms with Crippen LogP contribution in [0.4, 0.5) is 0 Å². The van der Waals surface area contributed by atoms with E-state index in [0.717, 1.165) is 24.2 Å². The number of esters is 1. The van der Waals surface area contributed by atoms with Crippen LogP contribution in [0.15, 0.2) is 35.9 Å². The largest absolute Gasteiger partial charge is 0.466 e. The average Bonchev–Trinajstić information content (AvgIpc) is 2.91. The first-order valence-corrected chi connectivity index (χ1v) is 6.36. The Morgan fingerprint density at radius 2 is 1.94 bits per heavy atom. The van der Waals surface area contributed by atoms with Crippen LogP contribution in [0.25, 0.3) is 6.08 Å². The topological polar surface area (TPSA) is 29.5 Å². The number of likely N-dealkylation sites (tertiary alicyclic amines) is 1. The lowest BCUT2D eigenvalue weighted by Crippen LogP contribution is -2.25. The molecule has 0 amide bonds. The van der Waals surface area contributed by atoms with Crippen molar-refractivity contribution >= 4 is 12.0 Å². The Balaban J connectivity index is 2.14. The second-order valence-corrected chi connectivity index (χ2v) is 4.56. The third-order valence-electron chi connectivity index (χ3n) is 3.18. The van der Waals surface area contributed by atoms with Crippen molar-refractivity contribution in [3.05, 3.63) is 41.5 Å². The molecule has 0 N–H and O–H groups in total. The van der Waals surface area contributed by atoms with Gasteiger partial charge in [-0.1, -0.05) is 30.3 Å². The Morgan fingerprint density at radius 1 is 1.28 bits per heavy atom. The van der Waals surface area contributed by atoms with Crippen molar-refractivity contribution in [2.45, 2.75) is 12.8 Å². The van der Waals surface area contributed by atoms with E-state index in [1.54, 1.807) is 0 Å². The average molecular weight is 245 g/mol. The molecule has 1 heterocycles. The summed E-state index contributed by atoms with van der Waals surface area (Å²) in [5.41, 5.74) is 1.77. The number of benzene rings is 1. The fraction of sp³-hybridized carbons (Fsp3) is 0.400. The van der Waals surface area contributed by atoms with Crippen LogP contribution in [0.2, 0.25) is 0 Å². The van der Waals surface area contributed by atoms with Crippen LogP contribution < -0.4 is 0 Å². The smallest absolute Gasteiger partial charge is 0.335 e. The SMILES string of the molecule is COC(=O)/C(=C\c1ccccc1)CN1CCCC1. The fourth-order valence-corrected chi connectivity index (χ4v) is 2.23. The molecule has 0 bridgehead atoms. The zero-order valence-corrected chi connectivity index (χ0v) is 10.8. The van der Waals surface area contributed by atoms with E-state index in [9.17, 15) is 4.79 Å². The summed E-state index contributed by atoms with van der Waals surface area (Å²) in [7, 11) is 1.44. The third kappa shape index (κ3) is 3.44. The number of hydrogen-bond acceptors (Lipinski definition) is 3. The molecule has 1 aromatic rings. The van der Waals surface area contributed by atoms with E-state index < -0.39 is 0 Å². The Kier molecular flexibility index (Phi) is 4.53. The number of carbonyl (C=O) groups excluding carboxylic acids is 1. The van der Waals surface area contributed by atoms with Gasteiger partial charge < -0.3 is 4.74 Å². The number of rotatable bonds is 4. The second kappa shape index (κ2) is 6.36. The normalized spacial score (nSPS) is 16.8. The molecule has 0 atom stereocenters. The predicted octanol–water partition coefficient (Wildman–Crippen LogP) is 2.34. The van der Waals surface area contributed by atoms with Crippen LogP contribution in [0, 0.1) is 0 Å². The maximum absolute atomic E-state index is 11.8. The lowest BCUT2D eigenvalue weighted by Gasteiger charge is -2.15. The Labute approximate surface area is 108 Å². The number of nitrogens with zero attached hydrogens (tertiary/aromatic N) is 1. The molecule has 0 saturated carbocycles. The molecule has 1 fully saturated rings. The first kappa shape index (κ1) is 12.8. The standard InChI is InChI=1S/C15H19NO2/c1-18-15(17)14(12-16-9-5-6-10-16)11-13-7-3-2-4-8-13/h2-4,7-8,11H,5-6,9-10,12H2,1H3/b14-11-. The van der Waals surface area contributed by atoms with Gasteiger partial charge in [0.05, 0.1) is 12.7 Å². The minimum atomic E-state index is -0.231. The number of ether oxygens (including phenoxy) is 1. The quantitative estimate of drug-likeness (QED) is 0.602. The Morgan fingerprint density at radius 3 is 2.56 bits per heavy atom. The minimum absolute atomic E-state index is 0.231. The highest BCUT2D eigenvalue weighted by molar-refractivity contribution is 5.94. The molecule has 1 aliphatic heterocycles. The van der Waals surface area contributed by atoms with Gasteiger partial charge in [0.15, 0.2) is 0 Å². The summed E-state index contributed by atoms with van der Waals surface area (Å²) in [5, 5.41) is 0. The molecule has 3 nitrogen and oxygen atoms in total. The van der Waals surface area contributed by atoms with Gasteiger partial charge in [0.1, 0.15) is 0 Å². The highest BCUT2D eigenvalue weighted by Gasteiger charge is 2.17. The van der Waals surface area contributed by atoms with Gasteiger partial charge in [-0.3, -0.25) is 4.90 Å². The summed E-state index contributed by atoms with van der Waals surface area (Å²) in [6, 6.07) is 9.89. The maximum atomic E-state index is 11.8. The molecule has 96 valence electrons. The molecular weight excluding hydrogens is 226 g/mol. The van der Waals surface area contributed by atoms with Crippen molar-refractivity contribution in [1.82, 2.24) is 4.90 Å². The zero-order chi connectivity index (χ0) is 12.8. The molecule has 0 aromatic heterocycles. The van der Waals surface area contributed by atoms with Gasteiger partial charge in [-0.05, 0) is 37.6 Å². The van der Waals surface area contributed by atoms with Gasteiger partial charge in [-0.2, -0.15) is 0 Å². The van der Waals surface area contributed by atoms with E-state index in [2.05, 4.69) is 4.90 Å². The molecule has 0 radical (unpaired) electrons. The molecule has 0 aliphatic carbocycles. The number of hydrogen-bond donors (Lipinski definition) is 0. The van der Waals surface area contributed by atoms with Gasteiger partial charge in [-0.25, -0.2) is 4.79 Å². The summed E-state index contributed by atoms with van der Waals surface area (Å²) < 4.78 is 4.86. The molecule has 0 unspecified atom stereocenters. The summed E-state index contributed by atoms with van der Waals surface area (Å²) >= 11 is 0. The van der Waals surface area contributed by atoms with Crippen LogP contribution in [0.1, 0.15) is 18.4 Å². The summed E-state index contributed by atoms with van der Waals surface area (Å²) in [4.78, 5) is 14.1. The van der Waals surface area contributed by atoms with E-state index in [1.807, 2.05) is 36.4 Å². The lowest BCUT2D eigenvalue weighted by molar-refractivity contribution is -0.136. The van der Waals surface area contributed by atoms with Gasteiger partial charge in [0.25, 0.3) is 0 Å². The maximum Gasteiger partial charge on any atom is 0.335 e. The van der Waals surface area contributed by atoms with Crippen molar-refractivity contribution in [3.8, 4) is 0 Å². The lowest BCUT2D eigenvalue weighted by atomic mass is 10.1. The summed E-state index contributed by atoms with van der Waals surface area (Å²) in [6.45, 7) is 2.83. The van der Waals surface area contributed by atoms with Crippen LogP contribution in [-0.4, -0.2) is 37.6 Å². The molecule has 1 saturated heterocycles. The minimum Gasteiger partial charge on any atom is -0.466 e. The first-order chi connectivity index (χ1) is 8.79. The van der Waals surface area contributed by atoms with Gasteiger partial charge >= 0.3 is 5.97 Å². The van der Waals surface area contributed by atoms with Gasteiger partial charge in [0.2, 0.25) is 0 Å². The molecule has 18 heavy (non-hydrogen) atoms. The van der Waals surface area contributed by atoms with Crippen molar-refractivity contribution in [1.29, 1.82) is 0 Å². The van der Waals surface area contributed by atoms with Crippen LogP contribution in [0.3, 0.4) is 0 Å². The summed E-state index contributed by atoms with van der Waals surface area (Å²) in [5.74, 6) is -0.231. The number of methoxy groups -OCH3 is 1. The van der Waals surface area contributed by atoms with Crippen molar-refractivity contribution in [3.63, 3.8) is 0 Å². The van der Waals surface area contributed by atoms with E-state index in [0.29, 0.717) is 6.54 Å². The van der Waals surface area contributed by atoms with Gasteiger partial charge in [-0.15, -0.1) is 0 Å².